The smallest absolute Gasteiger partial charge is 0.251 e. The van der Waals surface area contributed by atoms with Gasteiger partial charge in [0.1, 0.15) is 5.75 Å². The number of aryl methyl sites for hydroxylation is 1. The van der Waals surface area contributed by atoms with Crippen LogP contribution in [0, 0.1) is 13.8 Å². The van der Waals surface area contributed by atoms with E-state index in [9.17, 15) is 4.79 Å². The monoisotopic (exact) mass is 371 g/mol. The van der Waals surface area contributed by atoms with Crippen molar-refractivity contribution in [2.24, 2.45) is 5.73 Å². The third-order valence-electron chi connectivity index (χ3n) is 5.03. The quantitative estimate of drug-likeness (QED) is 0.730. The largest absolute Gasteiger partial charge is 0.496 e. The van der Waals surface area contributed by atoms with Gasteiger partial charge in [0.25, 0.3) is 5.91 Å². The second kappa shape index (κ2) is 9.09. The SMILES string of the molecule is CCCc1c(-c2ccc(OC)c(C)c2)c(C(N)=O)c(C)n1CCCN(C)C. The molecule has 0 aliphatic carbocycles. The van der Waals surface area contributed by atoms with Gasteiger partial charge in [-0.15, -0.1) is 0 Å². The molecule has 2 rings (SSSR count). The Kier molecular flexibility index (Phi) is 7.08. The number of hydrogen-bond donors (Lipinski definition) is 1. The minimum atomic E-state index is -0.361. The van der Waals surface area contributed by atoms with Crippen LogP contribution in [-0.4, -0.2) is 43.1 Å². The van der Waals surface area contributed by atoms with Crippen LogP contribution in [0.15, 0.2) is 18.2 Å². The molecule has 2 aromatic rings. The number of nitrogens with two attached hydrogens (primary N) is 1. The molecule has 0 radical (unpaired) electrons. The van der Waals surface area contributed by atoms with Crippen LogP contribution in [0.2, 0.25) is 0 Å². The van der Waals surface area contributed by atoms with Gasteiger partial charge in [0.15, 0.2) is 0 Å². The van der Waals surface area contributed by atoms with Crippen LogP contribution in [0.1, 0.15) is 47.1 Å². The van der Waals surface area contributed by atoms with Gasteiger partial charge in [-0.1, -0.05) is 19.4 Å². The van der Waals surface area contributed by atoms with E-state index in [-0.39, 0.29) is 5.91 Å². The third-order valence-corrected chi connectivity index (χ3v) is 5.03. The van der Waals surface area contributed by atoms with E-state index in [0.29, 0.717) is 5.56 Å². The van der Waals surface area contributed by atoms with Gasteiger partial charge in [-0.25, -0.2) is 0 Å². The van der Waals surface area contributed by atoms with E-state index in [1.165, 1.54) is 5.69 Å². The summed E-state index contributed by atoms with van der Waals surface area (Å²) in [6.45, 7) is 8.09. The average molecular weight is 372 g/mol. The lowest BCUT2D eigenvalue weighted by atomic mass is 9.96. The zero-order valence-corrected chi connectivity index (χ0v) is 17.6. The molecule has 0 aliphatic rings. The fourth-order valence-electron chi connectivity index (χ4n) is 3.79. The van der Waals surface area contributed by atoms with Crippen LogP contribution in [0.25, 0.3) is 11.1 Å². The zero-order valence-electron chi connectivity index (χ0n) is 17.6. The Hall–Kier alpha value is -2.27. The Balaban J connectivity index is 2.63. The van der Waals surface area contributed by atoms with E-state index < -0.39 is 0 Å². The Morgan fingerprint density at radius 2 is 1.96 bits per heavy atom. The molecule has 0 unspecified atom stereocenters. The molecule has 0 aliphatic heterocycles. The summed E-state index contributed by atoms with van der Waals surface area (Å²) in [5, 5.41) is 0. The number of benzene rings is 1. The van der Waals surface area contributed by atoms with E-state index in [4.69, 9.17) is 10.5 Å². The van der Waals surface area contributed by atoms with E-state index in [2.05, 4.69) is 36.6 Å². The maximum Gasteiger partial charge on any atom is 0.251 e. The van der Waals surface area contributed by atoms with Gasteiger partial charge >= 0.3 is 0 Å². The van der Waals surface area contributed by atoms with Gasteiger partial charge in [0.05, 0.1) is 12.7 Å². The molecule has 1 aromatic carbocycles. The number of aromatic nitrogens is 1. The van der Waals surface area contributed by atoms with Crippen LogP contribution in [0.5, 0.6) is 5.75 Å². The van der Waals surface area contributed by atoms with Crippen molar-refractivity contribution in [2.45, 2.75) is 46.6 Å². The number of carbonyl (C=O) groups is 1. The maximum absolute atomic E-state index is 12.4. The summed E-state index contributed by atoms with van der Waals surface area (Å²) in [5.41, 5.74) is 11.7. The molecule has 1 amide bonds. The lowest BCUT2D eigenvalue weighted by Gasteiger charge is -2.15. The summed E-state index contributed by atoms with van der Waals surface area (Å²) < 4.78 is 7.69. The summed E-state index contributed by atoms with van der Waals surface area (Å²) in [4.78, 5) is 14.5. The minimum Gasteiger partial charge on any atom is -0.496 e. The van der Waals surface area contributed by atoms with E-state index in [1.54, 1.807) is 7.11 Å². The fourth-order valence-corrected chi connectivity index (χ4v) is 3.79. The number of amides is 1. The first-order chi connectivity index (χ1) is 12.8. The summed E-state index contributed by atoms with van der Waals surface area (Å²) in [6.07, 6.45) is 2.95. The van der Waals surface area contributed by atoms with E-state index >= 15 is 0 Å². The van der Waals surface area contributed by atoms with Crippen molar-refractivity contribution in [1.29, 1.82) is 0 Å². The molecule has 5 heteroatoms. The van der Waals surface area contributed by atoms with Crippen molar-refractivity contribution >= 4 is 5.91 Å². The van der Waals surface area contributed by atoms with Crippen molar-refractivity contribution in [1.82, 2.24) is 9.47 Å². The molecule has 27 heavy (non-hydrogen) atoms. The molecule has 1 heterocycles. The Morgan fingerprint density at radius 1 is 1.26 bits per heavy atom. The van der Waals surface area contributed by atoms with Crippen molar-refractivity contribution in [3.63, 3.8) is 0 Å². The highest BCUT2D eigenvalue weighted by Gasteiger charge is 2.24. The molecular weight excluding hydrogens is 338 g/mol. The molecule has 0 atom stereocenters. The van der Waals surface area contributed by atoms with Crippen LogP contribution in [0.4, 0.5) is 0 Å². The summed E-state index contributed by atoms with van der Waals surface area (Å²) in [5.74, 6) is 0.484. The molecule has 148 valence electrons. The Bertz CT molecular complexity index is 806. The molecule has 5 nitrogen and oxygen atoms in total. The highest BCUT2D eigenvalue weighted by Crippen LogP contribution is 2.35. The molecule has 1 aromatic heterocycles. The molecule has 0 spiro atoms. The third kappa shape index (κ3) is 4.53. The highest BCUT2D eigenvalue weighted by atomic mass is 16.5. The van der Waals surface area contributed by atoms with Crippen LogP contribution < -0.4 is 10.5 Å². The van der Waals surface area contributed by atoms with Crippen LogP contribution >= 0.6 is 0 Å². The number of rotatable bonds is 9. The first-order valence-electron chi connectivity index (χ1n) is 9.63. The van der Waals surface area contributed by atoms with Gasteiger partial charge in [-0.2, -0.15) is 0 Å². The average Bonchev–Trinajstić information content (AvgIpc) is 2.87. The summed E-state index contributed by atoms with van der Waals surface area (Å²) in [6, 6.07) is 6.07. The zero-order chi connectivity index (χ0) is 20.1. The van der Waals surface area contributed by atoms with Gasteiger partial charge in [0.2, 0.25) is 0 Å². The lowest BCUT2D eigenvalue weighted by molar-refractivity contribution is 0.1000. The predicted molar refractivity (Wildman–Crippen MR) is 112 cm³/mol. The number of primary amides is 1. The number of ether oxygens (including phenoxy) is 1. The van der Waals surface area contributed by atoms with Crippen LogP contribution in [-0.2, 0) is 13.0 Å². The van der Waals surface area contributed by atoms with Crippen molar-refractivity contribution in [2.75, 3.05) is 27.7 Å². The normalized spacial score (nSPS) is 11.2. The Labute approximate surface area is 163 Å². The summed E-state index contributed by atoms with van der Waals surface area (Å²) >= 11 is 0. The van der Waals surface area contributed by atoms with Gasteiger partial charge in [-0.05, 0) is 70.6 Å². The lowest BCUT2D eigenvalue weighted by Crippen LogP contribution is -2.17. The first kappa shape index (κ1) is 21.0. The molecule has 0 bridgehead atoms. The van der Waals surface area contributed by atoms with Crippen molar-refractivity contribution in [3.8, 4) is 16.9 Å². The summed E-state index contributed by atoms with van der Waals surface area (Å²) in [7, 11) is 5.83. The van der Waals surface area contributed by atoms with Crippen molar-refractivity contribution < 1.29 is 9.53 Å². The maximum atomic E-state index is 12.4. The number of methoxy groups -OCH3 is 1. The highest BCUT2D eigenvalue weighted by molar-refractivity contribution is 6.02. The second-order valence-corrected chi connectivity index (χ2v) is 7.39. The molecule has 0 saturated heterocycles. The predicted octanol–water partition coefficient (Wildman–Crippen LogP) is 3.78. The van der Waals surface area contributed by atoms with Gasteiger partial charge < -0.3 is 19.9 Å². The molecule has 0 saturated carbocycles. The molecule has 0 fully saturated rings. The van der Waals surface area contributed by atoms with E-state index in [0.717, 1.165) is 60.5 Å². The number of hydrogen-bond acceptors (Lipinski definition) is 3. The fraction of sp³-hybridized carbons (Fsp3) is 0.500. The standard InChI is InChI=1S/C22H33N3O2/c1-7-9-18-21(17-10-11-19(27-6)15(2)14-17)20(22(23)26)16(3)25(18)13-8-12-24(4)5/h10-11,14H,7-9,12-13H2,1-6H3,(H2,23,26). The minimum absolute atomic E-state index is 0.361. The van der Waals surface area contributed by atoms with Crippen molar-refractivity contribution in [3.05, 3.63) is 40.7 Å². The molecular formula is C22H33N3O2. The second-order valence-electron chi connectivity index (χ2n) is 7.39. The molecule has 2 N–H and O–H groups in total. The van der Waals surface area contributed by atoms with E-state index in [1.807, 2.05) is 26.0 Å². The van der Waals surface area contributed by atoms with Gasteiger partial charge in [-0.3, -0.25) is 4.79 Å². The Morgan fingerprint density at radius 3 is 2.48 bits per heavy atom. The number of carbonyl (C=O) groups excluding carboxylic acids is 1. The first-order valence-corrected chi connectivity index (χ1v) is 9.63. The van der Waals surface area contributed by atoms with Gasteiger partial charge in [0, 0.05) is 23.5 Å². The topological polar surface area (TPSA) is 60.5 Å². The van der Waals surface area contributed by atoms with Crippen LogP contribution in [0.3, 0.4) is 0 Å². The number of nitrogens with zero attached hydrogens (tertiary/aromatic N) is 2.